The van der Waals surface area contributed by atoms with Gasteiger partial charge in [-0.05, 0) is 29.5 Å². The second kappa shape index (κ2) is 7.90. The molecule has 8 heteroatoms. The average molecular weight is 397 g/mol. The Morgan fingerprint density at radius 1 is 1.24 bits per heavy atom. The molecule has 0 saturated carbocycles. The van der Waals surface area contributed by atoms with Crippen LogP contribution in [0.4, 0.5) is 0 Å². The number of benzene rings is 1. The minimum absolute atomic E-state index is 0.0664. The molecule has 0 atom stereocenters. The Kier molecular flexibility index (Phi) is 5.54. The predicted octanol–water partition coefficient (Wildman–Crippen LogP) is 0.980. The molecular weight excluding hydrogens is 374 g/mol. The summed E-state index contributed by atoms with van der Waals surface area (Å²) < 4.78 is 4.49. The number of methoxy groups -OCH3 is 1. The summed E-state index contributed by atoms with van der Waals surface area (Å²) in [5.74, 6) is -1.37. The van der Waals surface area contributed by atoms with Gasteiger partial charge in [0.15, 0.2) is 0 Å². The molecule has 0 aliphatic carbocycles. The van der Waals surface area contributed by atoms with E-state index in [2.05, 4.69) is 23.2 Å². The van der Waals surface area contributed by atoms with Crippen molar-refractivity contribution in [3.63, 3.8) is 0 Å². The van der Waals surface area contributed by atoms with Crippen molar-refractivity contribution in [2.45, 2.75) is 19.9 Å². The normalized spacial score (nSPS) is 15.4. The van der Waals surface area contributed by atoms with Crippen molar-refractivity contribution in [2.24, 2.45) is 5.92 Å². The van der Waals surface area contributed by atoms with Crippen LogP contribution >= 0.6 is 0 Å². The van der Waals surface area contributed by atoms with Gasteiger partial charge in [-0.3, -0.25) is 19.3 Å². The van der Waals surface area contributed by atoms with Crippen molar-refractivity contribution in [3.05, 3.63) is 59.4 Å². The summed E-state index contributed by atoms with van der Waals surface area (Å²) in [5.41, 5.74) is 2.11. The smallest absolute Gasteiger partial charge is 0.353 e. The lowest BCUT2D eigenvalue weighted by molar-refractivity contribution is -0.137. The van der Waals surface area contributed by atoms with Gasteiger partial charge >= 0.3 is 5.97 Å². The van der Waals surface area contributed by atoms with E-state index in [1.54, 1.807) is 17.9 Å². The van der Waals surface area contributed by atoms with E-state index < -0.39 is 11.9 Å². The maximum Gasteiger partial charge on any atom is 0.353 e. The number of hydrogen-bond acceptors (Lipinski definition) is 5. The van der Waals surface area contributed by atoms with Gasteiger partial charge in [-0.1, -0.05) is 25.3 Å². The zero-order valence-corrected chi connectivity index (χ0v) is 16.5. The number of nitrogens with one attached hydrogen (secondary N) is 1. The van der Waals surface area contributed by atoms with Crippen LogP contribution in [0.25, 0.3) is 0 Å². The Labute approximate surface area is 168 Å². The number of likely N-dealkylation sites (tertiary alicyclic amines) is 1. The lowest BCUT2D eigenvalue weighted by Crippen LogP contribution is -2.49. The maximum atomic E-state index is 12.8. The van der Waals surface area contributed by atoms with E-state index in [1.165, 1.54) is 12.0 Å². The number of esters is 1. The van der Waals surface area contributed by atoms with E-state index >= 15 is 0 Å². The van der Waals surface area contributed by atoms with Crippen LogP contribution in [-0.2, 0) is 32.1 Å². The number of hydrogen-bond donors (Lipinski definition) is 1. The zero-order valence-electron chi connectivity index (χ0n) is 16.5. The van der Waals surface area contributed by atoms with Crippen molar-refractivity contribution < 1.29 is 23.9 Å². The molecular formula is C21H23N3O5. The molecule has 3 rings (SSSR count). The lowest BCUT2D eigenvalue weighted by atomic mass is 9.89. The van der Waals surface area contributed by atoms with Crippen molar-refractivity contribution in [1.29, 1.82) is 0 Å². The van der Waals surface area contributed by atoms with Crippen LogP contribution in [0.2, 0.25) is 0 Å². The van der Waals surface area contributed by atoms with E-state index in [1.807, 2.05) is 12.1 Å². The van der Waals surface area contributed by atoms with Gasteiger partial charge in [0.2, 0.25) is 5.91 Å². The molecule has 1 fully saturated rings. The first-order valence-electron chi connectivity index (χ1n) is 9.18. The number of carbonyl (C=O) groups excluding carboxylic acids is 4. The van der Waals surface area contributed by atoms with Gasteiger partial charge in [0.05, 0.1) is 13.7 Å². The zero-order chi connectivity index (χ0) is 21.3. The molecule has 29 heavy (non-hydrogen) atoms. The third-order valence-electron chi connectivity index (χ3n) is 5.26. The van der Waals surface area contributed by atoms with Crippen LogP contribution in [-0.4, -0.2) is 53.7 Å². The first kappa shape index (κ1) is 20.3. The third-order valence-corrected chi connectivity index (χ3v) is 5.26. The molecule has 0 radical (unpaired) electrons. The van der Waals surface area contributed by atoms with Gasteiger partial charge < -0.3 is 15.0 Å². The second-order valence-corrected chi connectivity index (χ2v) is 7.20. The Morgan fingerprint density at radius 2 is 1.93 bits per heavy atom. The molecule has 0 aromatic heterocycles. The van der Waals surface area contributed by atoms with E-state index in [9.17, 15) is 19.2 Å². The molecule has 8 nitrogen and oxygen atoms in total. The number of fused-ring (bicyclic) bond motifs is 1. The molecule has 152 valence electrons. The molecule has 1 saturated heterocycles. The highest BCUT2D eigenvalue weighted by Crippen LogP contribution is 2.31. The van der Waals surface area contributed by atoms with Crippen molar-refractivity contribution in [2.75, 3.05) is 20.2 Å². The highest BCUT2D eigenvalue weighted by molar-refractivity contribution is 6.07. The van der Waals surface area contributed by atoms with Crippen LogP contribution in [0.5, 0.6) is 0 Å². The molecule has 0 unspecified atom stereocenters. The van der Waals surface area contributed by atoms with Crippen molar-refractivity contribution in [3.8, 4) is 0 Å². The lowest BCUT2D eigenvalue weighted by Gasteiger charge is -2.39. The third kappa shape index (κ3) is 3.91. The van der Waals surface area contributed by atoms with Gasteiger partial charge in [0.25, 0.3) is 11.8 Å². The summed E-state index contributed by atoms with van der Waals surface area (Å²) in [6, 6.07) is 5.51. The Morgan fingerprint density at radius 3 is 2.55 bits per heavy atom. The minimum Gasteiger partial charge on any atom is -0.464 e. The number of rotatable bonds is 6. The first-order chi connectivity index (χ1) is 13.7. The summed E-state index contributed by atoms with van der Waals surface area (Å²) in [4.78, 5) is 51.0. The van der Waals surface area contributed by atoms with E-state index in [0.717, 1.165) is 17.5 Å². The highest BCUT2D eigenvalue weighted by atomic mass is 16.5. The molecule has 1 N–H and O–H groups in total. The van der Waals surface area contributed by atoms with Gasteiger partial charge in [0, 0.05) is 25.6 Å². The fourth-order valence-electron chi connectivity index (χ4n) is 3.58. The Bertz CT molecular complexity index is 930. The minimum atomic E-state index is -0.774. The van der Waals surface area contributed by atoms with Crippen LogP contribution in [0.1, 0.15) is 28.4 Å². The molecule has 2 heterocycles. The van der Waals surface area contributed by atoms with Gasteiger partial charge in [-0.25, -0.2) is 4.79 Å². The largest absolute Gasteiger partial charge is 0.464 e. The van der Waals surface area contributed by atoms with Gasteiger partial charge in [-0.2, -0.15) is 0 Å². The van der Waals surface area contributed by atoms with Gasteiger partial charge in [-0.15, -0.1) is 0 Å². The molecule has 2 aliphatic heterocycles. The molecule has 0 bridgehead atoms. The second-order valence-electron chi connectivity index (χ2n) is 7.20. The quantitative estimate of drug-likeness (QED) is 0.570. The SMILES string of the molecule is C=C(NC(=O)C(=C)N1Cc2c(CC3CN(C(C)=O)C3)cccc2C1=O)C(=O)OC. The van der Waals surface area contributed by atoms with Crippen LogP contribution < -0.4 is 5.32 Å². The summed E-state index contributed by atoms with van der Waals surface area (Å²) in [6.45, 7) is 10.3. The Hall–Kier alpha value is -3.42. The number of carbonyl (C=O) groups is 4. The standard InChI is InChI=1S/C21H23N3O5/c1-12(21(28)29-4)22-19(26)13(2)24-11-18-16(6-5-7-17(18)20(24)27)8-15-9-23(10-15)14(3)25/h5-7,15H,1-2,8-11H2,3-4H3,(H,22,26). The summed E-state index contributed by atoms with van der Waals surface area (Å²) in [5, 5.41) is 2.30. The predicted molar refractivity (Wildman–Crippen MR) is 104 cm³/mol. The summed E-state index contributed by atoms with van der Waals surface area (Å²) in [6.07, 6.45) is 0.756. The first-order valence-corrected chi connectivity index (χ1v) is 9.18. The van der Waals surface area contributed by atoms with E-state index in [-0.39, 0.29) is 29.8 Å². The topological polar surface area (TPSA) is 96.0 Å². The van der Waals surface area contributed by atoms with Crippen molar-refractivity contribution >= 4 is 23.7 Å². The number of amides is 3. The highest BCUT2D eigenvalue weighted by Gasteiger charge is 2.35. The van der Waals surface area contributed by atoms with Crippen LogP contribution in [0.3, 0.4) is 0 Å². The monoisotopic (exact) mass is 397 g/mol. The summed E-state index contributed by atoms with van der Waals surface area (Å²) >= 11 is 0. The van der Waals surface area contributed by atoms with Gasteiger partial charge in [0.1, 0.15) is 11.4 Å². The molecule has 1 aromatic rings. The van der Waals surface area contributed by atoms with E-state index in [0.29, 0.717) is 24.6 Å². The van der Waals surface area contributed by atoms with Crippen molar-refractivity contribution in [1.82, 2.24) is 15.1 Å². The number of ether oxygens (including phenoxy) is 1. The fourth-order valence-corrected chi connectivity index (χ4v) is 3.58. The maximum absolute atomic E-state index is 12.8. The molecule has 3 amide bonds. The van der Waals surface area contributed by atoms with Crippen LogP contribution in [0.15, 0.2) is 42.8 Å². The van der Waals surface area contributed by atoms with Crippen LogP contribution in [0, 0.1) is 5.92 Å². The molecule has 0 spiro atoms. The molecule has 2 aliphatic rings. The fraction of sp³-hybridized carbons (Fsp3) is 0.333. The van der Waals surface area contributed by atoms with E-state index in [4.69, 9.17) is 0 Å². The average Bonchev–Trinajstić information content (AvgIpc) is 3.00. The Balaban J connectivity index is 1.69. The molecule has 1 aromatic carbocycles. The number of nitrogens with zero attached hydrogens (tertiary/aromatic N) is 2. The summed E-state index contributed by atoms with van der Waals surface area (Å²) in [7, 11) is 1.17.